The number of hydrogen-bond donors (Lipinski definition) is 1. The van der Waals surface area contributed by atoms with Gasteiger partial charge >= 0.3 is 0 Å². The molecule has 0 saturated carbocycles. The Morgan fingerprint density at radius 3 is 2.67 bits per heavy atom. The van der Waals surface area contributed by atoms with Crippen molar-refractivity contribution < 1.29 is 9.53 Å². The van der Waals surface area contributed by atoms with Gasteiger partial charge in [-0.25, -0.2) is 15.0 Å². The fraction of sp³-hybridized carbons (Fsp3) is 0.143. The van der Waals surface area contributed by atoms with E-state index in [4.69, 9.17) is 21.3 Å². The fourth-order valence-corrected chi connectivity index (χ4v) is 5.38. The number of fused-ring (bicyclic) bond motifs is 2. The number of anilines is 1. The van der Waals surface area contributed by atoms with Crippen molar-refractivity contribution in [2.75, 3.05) is 12.4 Å². The zero-order valence-corrected chi connectivity index (χ0v) is 23.1. The van der Waals surface area contributed by atoms with Gasteiger partial charge in [0, 0.05) is 40.7 Å². The maximum Gasteiger partial charge on any atom is 0.259 e. The van der Waals surface area contributed by atoms with E-state index in [0.717, 1.165) is 28.1 Å². The van der Waals surface area contributed by atoms with Crippen LogP contribution >= 0.6 is 22.9 Å². The second-order valence-corrected chi connectivity index (χ2v) is 10.4. The number of rotatable bonds is 5. The van der Waals surface area contributed by atoms with Gasteiger partial charge in [0.1, 0.15) is 11.6 Å². The summed E-state index contributed by atoms with van der Waals surface area (Å²) < 4.78 is 7.57. The molecular formula is C28H22ClN7O2S. The summed E-state index contributed by atoms with van der Waals surface area (Å²) in [6.07, 6.45) is 3.22. The van der Waals surface area contributed by atoms with Crippen LogP contribution in [0, 0.1) is 13.8 Å². The van der Waals surface area contributed by atoms with Gasteiger partial charge in [-0.2, -0.15) is 4.98 Å². The van der Waals surface area contributed by atoms with Crippen LogP contribution in [0.25, 0.3) is 43.9 Å². The summed E-state index contributed by atoms with van der Waals surface area (Å²) in [5, 5.41) is 3.80. The van der Waals surface area contributed by atoms with Gasteiger partial charge < -0.3 is 9.30 Å². The van der Waals surface area contributed by atoms with Crippen LogP contribution in [-0.2, 0) is 7.05 Å². The van der Waals surface area contributed by atoms with E-state index in [9.17, 15) is 4.79 Å². The topological polar surface area (TPSA) is 108 Å². The molecule has 0 spiro atoms. The van der Waals surface area contributed by atoms with Crippen LogP contribution in [0.4, 0.5) is 5.13 Å². The highest BCUT2D eigenvalue weighted by Gasteiger charge is 2.19. The van der Waals surface area contributed by atoms with Crippen molar-refractivity contribution in [2.24, 2.45) is 7.05 Å². The maximum atomic E-state index is 13.4. The van der Waals surface area contributed by atoms with Crippen LogP contribution in [0.15, 0.2) is 54.9 Å². The number of aromatic nitrogens is 6. The van der Waals surface area contributed by atoms with Crippen LogP contribution in [0.2, 0.25) is 5.02 Å². The molecule has 0 fully saturated rings. The van der Waals surface area contributed by atoms with E-state index in [1.54, 1.807) is 31.5 Å². The molecule has 0 unspecified atom stereocenters. The second-order valence-electron chi connectivity index (χ2n) is 8.99. The minimum atomic E-state index is -0.366. The number of amides is 1. The third-order valence-corrected chi connectivity index (χ3v) is 7.57. The van der Waals surface area contributed by atoms with Crippen LogP contribution in [-0.4, -0.2) is 42.5 Å². The number of thiazole rings is 1. The lowest BCUT2D eigenvalue weighted by molar-refractivity contribution is 0.102. The molecule has 0 aliphatic carbocycles. The van der Waals surface area contributed by atoms with Gasteiger partial charge in [0.25, 0.3) is 5.91 Å². The largest absolute Gasteiger partial charge is 0.496 e. The summed E-state index contributed by atoms with van der Waals surface area (Å²) in [6.45, 7) is 3.83. The van der Waals surface area contributed by atoms with E-state index in [-0.39, 0.29) is 5.91 Å². The smallest absolute Gasteiger partial charge is 0.259 e. The highest BCUT2D eigenvalue weighted by molar-refractivity contribution is 7.21. The molecule has 0 bridgehead atoms. The lowest BCUT2D eigenvalue weighted by Gasteiger charge is -2.13. The molecule has 11 heteroatoms. The molecule has 194 valence electrons. The van der Waals surface area contributed by atoms with E-state index < -0.39 is 0 Å². The molecule has 1 amide bonds. The summed E-state index contributed by atoms with van der Waals surface area (Å²) in [6, 6.07) is 13.1. The van der Waals surface area contributed by atoms with Gasteiger partial charge in [-0.05, 0) is 50.2 Å². The molecule has 4 aromatic heterocycles. The van der Waals surface area contributed by atoms with Crippen molar-refractivity contribution in [1.29, 1.82) is 0 Å². The molecule has 0 saturated heterocycles. The maximum absolute atomic E-state index is 13.4. The predicted octanol–water partition coefficient (Wildman–Crippen LogP) is 6.23. The SMILES string of the molecule is COc1ccc(Cl)cc1-c1cc(C)ncc1C(=O)Nc1nc2ncc(-c3ccc4c(c3)nc(C)n4C)nc2s1. The lowest BCUT2D eigenvalue weighted by Crippen LogP contribution is -2.14. The van der Waals surface area contributed by atoms with Crippen molar-refractivity contribution in [2.45, 2.75) is 13.8 Å². The standard InChI is InChI=1S/C28H22ClN7O2S/c1-14-9-18(19-11-17(29)6-8-24(19)38-4)20(12-30-14)26(37)35-28-34-25-27(39-28)33-22(13-31-25)16-5-7-23-21(10-16)32-15(2)36(23)3/h5-13H,1-4H3,(H,31,34,35,37). The molecule has 39 heavy (non-hydrogen) atoms. The summed E-state index contributed by atoms with van der Waals surface area (Å²) >= 11 is 7.52. The summed E-state index contributed by atoms with van der Waals surface area (Å²) in [5.74, 6) is 1.17. The third kappa shape index (κ3) is 4.58. The van der Waals surface area contributed by atoms with Crippen LogP contribution < -0.4 is 10.1 Å². The van der Waals surface area contributed by atoms with E-state index in [0.29, 0.717) is 48.8 Å². The number of pyridine rings is 1. The van der Waals surface area contributed by atoms with Gasteiger partial charge in [-0.1, -0.05) is 29.0 Å². The minimum Gasteiger partial charge on any atom is -0.496 e. The Labute approximate surface area is 232 Å². The average molecular weight is 556 g/mol. The van der Waals surface area contributed by atoms with E-state index in [1.165, 1.54) is 17.5 Å². The Morgan fingerprint density at radius 2 is 1.85 bits per heavy atom. The Kier molecular flexibility index (Phi) is 6.20. The monoisotopic (exact) mass is 555 g/mol. The molecular weight excluding hydrogens is 534 g/mol. The first kappa shape index (κ1) is 24.9. The predicted molar refractivity (Wildman–Crippen MR) is 154 cm³/mol. The number of carbonyl (C=O) groups is 1. The number of hydrogen-bond acceptors (Lipinski definition) is 8. The highest BCUT2D eigenvalue weighted by atomic mass is 35.5. The van der Waals surface area contributed by atoms with Crippen molar-refractivity contribution in [3.63, 3.8) is 0 Å². The quantitative estimate of drug-likeness (QED) is 0.268. The van der Waals surface area contributed by atoms with Gasteiger partial charge in [0.05, 0.1) is 35.6 Å². The number of nitrogens with one attached hydrogen (secondary N) is 1. The van der Waals surface area contributed by atoms with Gasteiger partial charge in [-0.15, -0.1) is 0 Å². The van der Waals surface area contributed by atoms with Crippen molar-refractivity contribution in [1.82, 2.24) is 29.5 Å². The third-order valence-electron chi connectivity index (χ3n) is 6.48. The van der Waals surface area contributed by atoms with Crippen molar-refractivity contribution in [3.8, 4) is 28.1 Å². The van der Waals surface area contributed by atoms with E-state index in [2.05, 4.69) is 25.3 Å². The molecule has 0 atom stereocenters. The summed E-state index contributed by atoms with van der Waals surface area (Å²) in [4.78, 5) is 36.7. The first-order chi connectivity index (χ1) is 18.8. The van der Waals surface area contributed by atoms with Gasteiger partial charge in [0.2, 0.25) is 0 Å². The number of benzene rings is 2. The minimum absolute atomic E-state index is 0.362. The first-order valence-electron chi connectivity index (χ1n) is 12.0. The van der Waals surface area contributed by atoms with E-state index >= 15 is 0 Å². The molecule has 0 aliphatic rings. The average Bonchev–Trinajstić information content (AvgIpc) is 3.46. The molecule has 9 nitrogen and oxygen atoms in total. The molecule has 6 aromatic rings. The van der Waals surface area contributed by atoms with Crippen LogP contribution in [0.1, 0.15) is 21.9 Å². The zero-order valence-electron chi connectivity index (χ0n) is 21.5. The number of aryl methyl sites for hydroxylation is 3. The summed E-state index contributed by atoms with van der Waals surface area (Å²) in [5.41, 5.74) is 6.46. The number of nitrogens with zero attached hydrogens (tertiary/aromatic N) is 6. The zero-order chi connectivity index (χ0) is 27.3. The molecule has 4 heterocycles. The lowest BCUT2D eigenvalue weighted by atomic mass is 9.99. The molecule has 0 aliphatic heterocycles. The Morgan fingerprint density at radius 1 is 1.00 bits per heavy atom. The van der Waals surface area contributed by atoms with E-state index in [1.807, 2.05) is 49.7 Å². The first-order valence-corrected chi connectivity index (χ1v) is 13.2. The van der Waals surface area contributed by atoms with Gasteiger partial charge in [-0.3, -0.25) is 15.1 Å². The Balaban J connectivity index is 1.32. The second kappa shape index (κ2) is 9.72. The highest BCUT2D eigenvalue weighted by Crippen LogP contribution is 2.35. The van der Waals surface area contributed by atoms with Crippen molar-refractivity contribution >= 4 is 55.5 Å². The molecule has 1 N–H and O–H groups in total. The normalized spacial score (nSPS) is 11.3. The summed E-state index contributed by atoms with van der Waals surface area (Å²) in [7, 11) is 3.57. The van der Waals surface area contributed by atoms with Gasteiger partial charge in [0.15, 0.2) is 15.6 Å². The number of halogens is 1. The molecule has 0 radical (unpaired) electrons. The van der Waals surface area contributed by atoms with Crippen molar-refractivity contribution in [3.05, 3.63) is 77.0 Å². The number of ether oxygens (including phenoxy) is 1. The molecule has 2 aromatic carbocycles. The number of carbonyl (C=O) groups excluding carboxylic acids is 1. The Bertz CT molecular complexity index is 1910. The fourth-order valence-electron chi connectivity index (χ4n) is 4.41. The van der Waals surface area contributed by atoms with Crippen LogP contribution in [0.3, 0.4) is 0 Å². The number of methoxy groups -OCH3 is 1. The van der Waals surface area contributed by atoms with Crippen LogP contribution in [0.5, 0.6) is 5.75 Å². The Hall–Kier alpha value is -4.41. The molecule has 6 rings (SSSR count). The number of imidazole rings is 1.